The molecular weight excluding hydrogens is 228 g/mol. The van der Waals surface area contributed by atoms with Gasteiger partial charge in [-0.3, -0.25) is 4.98 Å². The molecule has 1 N–H and O–H groups in total. The molecule has 0 aliphatic heterocycles. The van der Waals surface area contributed by atoms with Crippen LogP contribution in [0.2, 0.25) is 0 Å². The second kappa shape index (κ2) is 5.29. The van der Waals surface area contributed by atoms with Crippen LogP contribution in [-0.4, -0.2) is 31.6 Å². The molecule has 0 saturated carbocycles. The zero-order chi connectivity index (χ0) is 13.1. The Labute approximate surface area is 107 Å². The van der Waals surface area contributed by atoms with E-state index in [9.17, 15) is 0 Å². The number of hydrogen-bond acceptors (Lipinski definition) is 5. The van der Waals surface area contributed by atoms with Crippen LogP contribution in [0.5, 0.6) is 0 Å². The molecule has 0 aliphatic rings. The van der Waals surface area contributed by atoms with Gasteiger partial charge in [0, 0.05) is 6.54 Å². The number of hydrogen-bond donors (Lipinski definition) is 1. The van der Waals surface area contributed by atoms with Crippen molar-refractivity contribution in [1.82, 2.24) is 25.0 Å². The van der Waals surface area contributed by atoms with Gasteiger partial charge in [0.05, 0.1) is 12.4 Å². The second-order valence-corrected chi connectivity index (χ2v) is 5.27. The lowest BCUT2D eigenvalue weighted by atomic mass is 9.85. The summed E-state index contributed by atoms with van der Waals surface area (Å²) in [5.74, 6) is 2.72. The first kappa shape index (κ1) is 12.7. The van der Waals surface area contributed by atoms with Gasteiger partial charge in [0.2, 0.25) is 0 Å². The number of fused-ring (bicyclic) bond motifs is 1. The van der Waals surface area contributed by atoms with E-state index in [0.717, 1.165) is 12.4 Å². The van der Waals surface area contributed by atoms with E-state index in [1.165, 1.54) is 0 Å². The van der Waals surface area contributed by atoms with Crippen LogP contribution in [0.4, 0.5) is 5.82 Å². The van der Waals surface area contributed by atoms with Crippen LogP contribution in [0.3, 0.4) is 0 Å². The smallest absolute Gasteiger partial charge is 0.199 e. The molecule has 6 nitrogen and oxygen atoms in total. The molecule has 18 heavy (non-hydrogen) atoms. The molecule has 98 valence electrons. The maximum atomic E-state index is 4.13. The van der Waals surface area contributed by atoms with E-state index in [0.29, 0.717) is 23.4 Å². The van der Waals surface area contributed by atoms with Crippen molar-refractivity contribution >= 4 is 11.5 Å². The first-order valence-corrected chi connectivity index (χ1v) is 6.35. The predicted molar refractivity (Wildman–Crippen MR) is 70.2 cm³/mol. The number of tetrazole rings is 1. The highest BCUT2D eigenvalue weighted by Crippen LogP contribution is 2.21. The molecule has 2 rings (SSSR count). The maximum absolute atomic E-state index is 4.13. The van der Waals surface area contributed by atoms with Crippen molar-refractivity contribution in [2.45, 2.75) is 27.7 Å². The van der Waals surface area contributed by atoms with Crippen molar-refractivity contribution in [3.05, 3.63) is 12.4 Å². The zero-order valence-corrected chi connectivity index (χ0v) is 11.3. The fraction of sp³-hybridized carbons (Fsp3) is 0.667. The summed E-state index contributed by atoms with van der Waals surface area (Å²) in [5.41, 5.74) is 0.658. The van der Waals surface area contributed by atoms with Crippen LogP contribution < -0.4 is 5.32 Å². The molecule has 0 atom stereocenters. The van der Waals surface area contributed by atoms with Crippen molar-refractivity contribution in [1.29, 1.82) is 0 Å². The Hall–Kier alpha value is -1.72. The monoisotopic (exact) mass is 248 g/mol. The van der Waals surface area contributed by atoms with Crippen molar-refractivity contribution in [3.63, 3.8) is 0 Å². The zero-order valence-electron chi connectivity index (χ0n) is 11.3. The highest BCUT2D eigenvalue weighted by atomic mass is 15.5. The van der Waals surface area contributed by atoms with E-state index < -0.39 is 0 Å². The van der Waals surface area contributed by atoms with E-state index in [4.69, 9.17) is 0 Å². The lowest BCUT2D eigenvalue weighted by Crippen LogP contribution is -2.25. The molecule has 6 heteroatoms. The fourth-order valence-electron chi connectivity index (χ4n) is 2.26. The highest BCUT2D eigenvalue weighted by molar-refractivity contribution is 5.43. The molecule has 0 bridgehead atoms. The van der Waals surface area contributed by atoms with E-state index in [-0.39, 0.29) is 0 Å². The molecule has 0 saturated heterocycles. The SMILES string of the molecule is CC(C)C(CNc1cncc2nnnn12)C(C)C. The first-order valence-electron chi connectivity index (χ1n) is 6.35. The Kier molecular flexibility index (Phi) is 3.74. The third kappa shape index (κ3) is 2.57. The number of nitrogens with one attached hydrogen (secondary N) is 1. The number of rotatable bonds is 5. The molecular formula is C12H20N6. The van der Waals surface area contributed by atoms with Crippen molar-refractivity contribution in [2.75, 3.05) is 11.9 Å². The molecule has 0 aromatic carbocycles. The number of aromatic nitrogens is 5. The molecule has 0 unspecified atom stereocenters. The standard InChI is InChI=1S/C12H20N6/c1-8(2)10(9(3)4)5-14-11-6-13-7-12-15-16-17-18(11)12/h6-10,14H,5H2,1-4H3. The highest BCUT2D eigenvalue weighted by Gasteiger charge is 2.17. The van der Waals surface area contributed by atoms with Crippen LogP contribution in [0.25, 0.3) is 5.65 Å². The summed E-state index contributed by atoms with van der Waals surface area (Å²) in [4.78, 5) is 4.13. The van der Waals surface area contributed by atoms with Crippen LogP contribution in [0.1, 0.15) is 27.7 Å². The van der Waals surface area contributed by atoms with Gasteiger partial charge >= 0.3 is 0 Å². The van der Waals surface area contributed by atoms with Crippen LogP contribution in [0, 0.1) is 17.8 Å². The molecule has 0 spiro atoms. The molecule has 2 heterocycles. The topological polar surface area (TPSA) is 68.0 Å². The van der Waals surface area contributed by atoms with Crippen molar-refractivity contribution in [3.8, 4) is 0 Å². The molecule has 0 aliphatic carbocycles. The minimum atomic E-state index is 0.608. The van der Waals surface area contributed by atoms with Gasteiger partial charge in [0.25, 0.3) is 0 Å². The third-order valence-electron chi connectivity index (χ3n) is 3.34. The van der Waals surface area contributed by atoms with Gasteiger partial charge in [-0.2, -0.15) is 4.52 Å². The second-order valence-electron chi connectivity index (χ2n) is 5.27. The van der Waals surface area contributed by atoms with E-state index >= 15 is 0 Å². The molecule has 0 fully saturated rings. The van der Waals surface area contributed by atoms with Crippen LogP contribution in [0.15, 0.2) is 12.4 Å². The van der Waals surface area contributed by atoms with Crippen molar-refractivity contribution < 1.29 is 0 Å². The van der Waals surface area contributed by atoms with Gasteiger partial charge in [-0.25, -0.2) is 0 Å². The average molecular weight is 248 g/mol. The Morgan fingerprint density at radius 3 is 2.56 bits per heavy atom. The molecule has 2 aromatic heterocycles. The fourth-order valence-corrected chi connectivity index (χ4v) is 2.26. The summed E-state index contributed by atoms with van der Waals surface area (Å²) >= 11 is 0. The Morgan fingerprint density at radius 2 is 1.89 bits per heavy atom. The summed E-state index contributed by atoms with van der Waals surface area (Å²) in [6.45, 7) is 9.91. The van der Waals surface area contributed by atoms with Gasteiger partial charge in [-0.1, -0.05) is 27.7 Å². The predicted octanol–water partition coefficient (Wildman–Crippen LogP) is 1.86. The summed E-state index contributed by atoms with van der Waals surface area (Å²) in [5, 5.41) is 14.9. The summed E-state index contributed by atoms with van der Waals surface area (Å²) < 4.78 is 1.67. The third-order valence-corrected chi connectivity index (χ3v) is 3.34. The summed E-state index contributed by atoms with van der Waals surface area (Å²) in [6, 6.07) is 0. The van der Waals surface area contributed by atoms with Gasteiger partial charge < -0.3 is 5.32 Å². The van der Waals surface area contributed by atoms with E-state index in [2.05, 4.69) is 53.5 Å². The quantitative estimate of drug-likeness (QED) is 0.874. The summed E-state index contributed by atoms with van der Waals surface area (Å²) in [6.07, 6.45) is 3.40. The van der Waals surface area contributed by atoms with Gasteiger partial charge in [0.1, 0.15) is 5.82 Å². The minimum Gasteiger partial charge on any atom is -0.368 e. The minimum absolute atomic E-state index is 0.608. The lowest BCUT2D eigenvalue weighted by Gasteiger charge is -2.25. The number of anilines is 1. The van der Waals surface area contributed by atoms with Crippen LogP contribution >= 0.6 is 0 Å². The summed E-state index contributed by atoms with van der Waals surface area (Å²) in [7, 11) is 0. The Bertz CT molecular complexity index is 496. The van der Waals surface area contributed by atoms with Crippen molar-refractivity contribution in [2.24, 2.45) is 17.8 Å². The van der Waals surface area contributed by atoms with Crippen LogP contribution in [-0.2, 0) is 0 Å². The lowest BCUT2D eigenvalue weighted by molar-refractivity contribution is 0.304. The molecule has 2 aromatic rings. The van der Waals surface area contributed by atoms with Gasteiger partial charge in [-0.15, -0.1) is 5.10 Å². The van der Waals surface area contributed by atoms with E-state index in [1.807, 2.05) is 0 Å². The largest absolute Gasteiger partial charge is 0.368 e. The average Bonchev–Trinajstić information content (AvgIpc) is 2.77. The van der Waals surface area contributed by atoms with Gasteiger partial charge in [-0.05, 0) is 28.2 Å². The Balaban J connectivity index is 2.12. The van der Waals surface area contributed by atoms with E-state index in [1.54, 1.807) is 16.9 Å². The first-order chi connectivity index (χ1) is 8.59. The van der Waals surface area contributed by atoms with Gasteiger partial charge in [0.15, 0.2) is 5.65 Å². The molecule has 0 amide bonds. The Morgan fingerprint density at radius 1 is 1.17 bits per heavy atom. The normalized spacial score (nSPS) is 11.9. The maximum Gasteiger partial charge on any atom is 0.199 e. The number of nitrogens with zero attached hydrogens (tertiary/aromatic N) is 5. The molecule has 0 radical (unpaired) electrons.